The first kappa shape index (κ1) is 15.2. The summed E-state index contributed by atoms with van der Waals surface area (Å²) in [6.45, 7) is 0.879. The summed E-state index contributed by atoms with van der Waals surface area (Å²) in [4.78, 5) is 41.5. The zero-order valence-corrected chi connectivity index (χ0v) is 13.0. The van der Waals surface area contributed by atoms with Gasteiger partial charge in [0.25, 0.3) is 11.5 Å². The van der Waals surface area contributed by atoms with Crippen LogP contribution in [0.15, 0.2) is 16.9 Å². The molecule has 0 atom stereocenters. The minimum absolute atomic E-state index is 0.186. The van der Waals surface area contributed by atoms with Gasteiger partial charge in [-0.25, -0.2) is 14.9 Å². The number of thiazole rings is 1. The molecule has 0 aromatic carbocycles. The van der Waals surface area contributed by atoms with Gasteiger partial charge in [-0.15, -0.1) is 0 Å². The number of hydrogen-bond donors (Lipinski definition) is 2. The molecule has 1 aliphatic rings. The fourth-order valence-electron chi connectivity index (χ4n) is 2.19. The van der Waals surface area contributed by atoms with Crippen molar-refractivity contribution in [3.8, 4) is 0 Å². The van der Waals surface area contributed by atoms with Crippen LogP contribution in [-0.2, 0) is 17.7 Å². The van der Waals surface area contributed by atoms with Gasteiger partial charge in [0.05, 0.1) is 19.3 Å². The van der Waals surface area contributed by atoms with E-state index in [9.17, 15) is 14.4 Å². The molecule has 2 amide bonds. The Bertz CT molecular complexity index is 794. The largest absolute Gasteiger partial charge is 0.453 e. The summed E-state index contributed by atoms with van der Waals surface area (Å²) < 4.78 is 4.53. The molecular formula is C13H13N5O4S. The summed E-state index contributed by atoms with van der Waals surface area (Å²) >= 11 is 1.30. The van der Waals surface area contributed by atoms with Crippen molar-refractivity contribution in [1.29, 1.82) is 0 Å². The van der Waals surface area contributed by atoms with Crippen LogP contribution in [0.25, 0.3) is 0 Å². The third-order valence-corrected chi connectivity index (χ3v) is 4.31. The highest BCUT2D eigenvalue weighted by atomic mass is 32.1. The molecule has 2 aromatic heterocycles. The van der Waals surface area contributed by atoms with E-state index in [1.54, 1.807) is 4.90 Å². The predicted octanol–water partition coefficient (Wildman–Crippen LogP) is 0.603. The second kappa shape index (κ2) is 6.16. The van der Waals surface area contributed by atoms with E-state index in [0.29, 0.717) is 24.6 Å². The highest BCUT2D eigenvalue weighted by molar-refractivity contribution is 7.15. The molecule has 23 heavy (non-hydrogen) atoms. The molecule has 3 rings (SSSR count). The van der Waals surface area contributed by atoms with E-state index in [1.807, 2.05) is 0 Å². The minimum Gasteiger partial charge on any atom is -0.453 e. The van der Waals surface area contributed by atoms with E-state index in [4.69, 9.17) is 0 Å². The van der Waals surface area contributed by atoms with Gasteiger partial charge < -0.3 is 9.64 Å². The van der Waals surface area contributed by atoms with E-state index in [1.165, 1.54) is 30.6 Å². The maximum absolute atomic E-state index is 12.4. The molecule has 0 aliphatic carbocycles. The molecule has 0 bridgehead atoms. The number of H-pyrrole nitrogens is 1. The Morgan fingerprint density at radius 1 is 1.43 bits per heavy atom. The Kier molecular flexibility index (Phi) is 4.06. The smallest absolute Gasteiger partial charge is 0.413 e. The minimum atomic E-state index is -0.582. The van der Waals surface area contributed by atoms with Crippen LogP contribution in [0.3, 0.4) is 0 Å². The van der Waals surface area contributed by atoms with Crippen LogP contribution in [0, 0.1) is 0 Å². The summed E-state index contributed by atoms with van der Waals surface area (Å²) in [5, 5.41) is 8.96. The zero-order valence-electron chi connectivity index (χ0n) is 12.2. The molecule has 2 aromatic rings. The van der Waals surface area contributed by atoms with Gasteiger partial charge in [0.15, 0.2) is 5.13 Å². The number of hydrogen-bond acceptors (Lipinski definition) is 7. The maximum Gasteiger partial charge on any atom is 0.413 e. The fraction of sp³-hybridized carbons (Fsp3) is 0.308. The van der Waals surface area contributed by atoms with Gasteiger partial charge in [-0.05, 0) is 6.07 Å². The average molecular weight is 335 g/mol. The number of carbonyl (C=O) groups is 2. The molecule has 0 radical (unpaired) electrons. The normalized spacial score (nSPS) is 13.3. The Hall–Kier alpha value is -2.75. The molecule has 0 saturated heterocycles. The summed E-state index contributed by atoms with van der Waals surface area (Å²) in [7, 11) is 1.28. The van der Waals surface area contributed by atoms with Gasteiger partial charge in [-0.2, -0.15) is 5.10 Å². The summed E-state index contributed by atoms with van der Waals surface area (Å²) in [6, 6.07) is 2.66. The molecule has 0 saturated carbocycles. The van der Waals surface area contributed by atoms with Crippen LogP contribution < -0.4 is 10.9 Å². The predicted molar refractivity (Wildman–Crippen MR) is 81.4 cm³/mol. The third kappa shape index (κ3) is 3.21. The lowest BCUT2D eigenvalue weighted by atomic mass is 10.1. The number of nitrogens with zero attached hydrogens (tertiary/aromatic N) is 3. The molecule has 3 heterocycles. The van der Waals surface area contributed by atoms with Crippen molar-refractivity contribution in [2.45, 2.75) is 13.0 Å². The molecule has 120 valence electrons. The fourth-order valence-corrected chi connectivity index (χ4v) is 3.20. The van der Waals surface area contributed by atoms with E-state index < -0.39 is 6.09 Å². The molecule has 0 fully saturated rings. The first-order valence-corrected chi connectivity index (χ1v) is 7.57. The number of aromatic amines is 1. The zero-order chi connectivity index (χ0) is 16.4. The Balaban J connectivity index is 1.74. The van der Waals surface area contributed by atoms with Gasteiger partial charge in [0.1, 0.15) is 5.69 Å². The maximum atomic E-state index is 12.4. The van der Waals surface area contributed by atoms with Crippen LogP contribution >= 0.6 is 11.3 Å². The lowest BCUT2D eigenvalue weighted by Gasteiger charge is -2.25. The highest BCUT2D eigenvalue weighted by Gasteiger charge is 2.26. The van der Waals surface area contributed by atoms with Crippen molar-refractivity contribution in [3.63, 3.8) is 0 Å². The summed E-state index contributed by atoms with van der Waals surface area (Å²) in [6.07, 6.45) is 0.00511. The molecule has 9 nitrogen and oxygen atoms in total. The Morgan fingerprint density at radius 2 is 2.26 bits per heavy atom. The second-order valence-electron chi connectivity index (χ2n) is 4.79. The molecular weight excluding hydrogens is 322 g/mol. The molecule has 0 unspecified atom stereocenters. The van der Waals surface area contributed by atoms with Crippen molar-refractivity contribution in [2.24, 2.45) is 0 Å². The van der Waals surface area contributed by atoms with Crippen LogP contribution in [0.5, 0.6) is 0 Å². The second-order valence-corrected chi connectivity index (χ2v) is 5.87. The quantitative estimate of drug-likeness (QED) is 0.830. The highest BCUT2D eigenvalue weighted by Crippen LogP contribution is 2.28. The van der Waals surface area contributed by atoms with Gasteiger partial charge in [0.2, 0.25) is 0 Å². The molecule has 10 heteroatoms. The Labute approximate surface area is 134 Å². The molecule has 1 aliphatic heterocycles. The van der Waals surface area contributed by atoms with E-state index in [-0.39, 0.29) is 17.2 Å². The summed E-state index contributed by atoms with van der Waals surface area (Å²) in [5.74, 6) is -0.261. The molecule has 2 N–H and O–H groups in total. The van der Waals surface area contributed by atoms with Crippen LogP contribution in [0.2, 0.25) is 0 Å². The lowest BCUT2D eigenvalue weighted by Crippen LogP contribution is -2.36. The number of anilines is 1. The van der Waals surface area contributed by atoms with Crippen molar-refractivity contribution >= 4 is 28.5 Å². The number of fused-ring (bicyclic) bond motifs is 1. The van der Waals surface area contributed by atoms with E-state index >= 15 is 0 Å². The van der Waals surface area contributed by atoms with Crippen LogP contribution in [-0.4, -0.2) is 45.7 Å². The third-order valence-electron chi connectivity index (χ3n) is 3.31. The number of ether oxygens (including phenoxy) is 1. The number of aromatic nitrogens is 3. The van der Waals surface area contributed by atoms with Gasteiger partial charge >= 0.3 is 6.09 Å². The first-order valence-electron chi connectivity index (χ1n) is 6.75. The SMILES string of the molecule is COC(=O)Nc1nc2c(s1)CN(C(=O)c1ccc(=O)[nH]n1)CC2. The number of carbonyl (C=O) groups excluding carboxylic acids is 2. The number of nitrogens with one attached hydrogen (secondary N) is 2. The van der Waals surface area contributed by atoms with E-state index in [0.717, 1.165) is 10.6 Å². The first-order chi connectivity index (χ1) is 11.1. The van der Waals surface area contributed by atoms with Gasteiger partial charge in [-0.1, -0.05) is 11.3 Å². The Morgan fingerprint density at radius 3 is 2.96 bits per heavy atom. The van der Waals surface area contributed by atoms with E-state index in [2.05, 4.69) is 25.2 Å². The monoisotopic (exact) mass is 335 g/mol. The van der Waals surface area contributed by atoms with Crippen LogP contribution in [0.4, 0.5) is 9.93 Å². The number of methoxy groups -OCH3 is 1. The number of amides is 2. The van der Waals surface area contributed by atoms with Gasteiger partial charge in [0, 0.05) is 23.9 Å². The van der Waals surface area contributed by atoms with Crippen molar-refractivity contribution in [3.05, 3.63) is 38.8 Å². The lowest BCUT2D eigenvalue weighted by molar-refractivity contribution is 0.0729. The summed E-state index contributed by atoms with van der Waals surface area (Å²) in [5.41, 5.74) is 0.689. The topological polar surface area (TPSA) is 117 Å². The van der Waals surface area contributed by atoms with Gasteiger partial charge in [-0.3, -0.25) is 14.9 Å². The molecule has 0 spiro atoms. The average Bonchev–Trinajstić information content (AvgIpc) is 2.96. The van der Waals surface area contributed by atoms with Crippen molar-refractivity contribution in [2.75, 3.05) is 19.0 Å². The number of rotatable bonds is 2. The standard InChI is InChI=1S/C13H13N5O4S/c1-22-13(21)15-12-14-7-4-5-18(6-9(7)23-12)11(20)8-2-3-10(19)17-16-8/h2-3H,4-6H2,1H3,(H,17,19)(H,14,15,21). The van der Waals surface area contributed by atoms with Crippen molar-refractivity contribution < 1.29 is 14.3 Å². The van der Waals surface area contributed by atoms with Crippen LogP contribution in [0.1, 0.15) is 21.1 Å². The van der Waals surface area contributed by atoms with Crippen molar-refractivity contribution in [1.82, 2.24) is 20.1 Å².